The molecule has 0 spiro atoms. The van der Waals surface area contributed by atoms with Gasteiger partial charge in [0.15, 0.2) is 6.10 Å². The Bertz CT molecular complexity index is 1590. The van der Waals surface area contributed by atoms with Crippen LogP contribution in [0.25, 0.3) is 0 Å². The average molecular weight is 891 g/mol. The molecule has 0 saturated heterocycles. The van der Waals surface area contributed by atoms with Crippen molar-refractivity contribution in [2.45, 2.75) is 168 Å². The summed E-state index contributed by atoms with van der Waals surface area (Å²) in [6.07, 6.45) is 76.1. The number of rotatable bonds is 41. The number of hydrogen-bond acceptors (Lipinski definition) is 6. The molecule has 0 heterocycles. The maximum Gasteiger partial charge on any atom is 0.306 e. The summed E-state index contributed by atoms with van der Waals surface area (Å²) in [6, 6.07) is 0. The van der Waals surface area contributed by atoms with Gasteiger partial charge in [-0.1, -0.05) is 236 Å². The van der Waals surface area contributed by atoms with E-state index in [1.165, 1.54) is 19.3 Å². The molecule has 0 aliphatic carbocycles. The van der Waals surface area contributed by atoms with Crippen LogP contribution in [0.1, 0.15) is 162 Å². The Morgan fingerprint density at radius 3 is 0.877 bits per heavy atom. The average Bonchev–Trinajstić information content (AvgIpc) is 3.30. The molecule has 0 fully saturated rings. The van der Waals surface area contributed by atoms with Gasteiger partial charge in [0.1, 0.15) is 13.2 Å². The highest BCUT2D eigenvalue weighted by Crippen LogP contribution is 2.12. The lowest BCUT2D eigenvalue weighted by Gasteiger charge is -2.18. The third-order valence-electron chi connectivity index (χ3n) is 9.55. The summed E-state index contributed by atoms with van der Waals surface area (Å²) in [4.78, 5) is 38.0. The van der Waals surface area contributed by atoms with E-state index in [0.29, 0.717) is 12.8 Å². The summed E-state index contributed by atoms with van der Waals surface area (Å²) in [5.74, 6) is -1.04. The predicted octanol–water partition coefficient (Wildman–Crippen LogP) is 16.4. The van der Waals surface area contributed by atoms with Gasteiger partial charge in [-0.2, -0.15) is 0 Å². The van der Waals surface area contributed by atoms with E-state index in [2.05, 4.69) is 81.5 Å². The molecular formula is C59H86O6. The lowest BCUT2D eigenvalue weighted by molar-refractivity contribution is -0.167. The molecule has 0 aromatic rings. The van der Waals surface area contributed by atoms with Gasteiger partial charge in [0, 0.05) is 19.3 Å². The molecule has 0 rings (SSSR count). The fourth-order valence-corrected chi connectivity index (χ4v) is 5.90. The summed E-state index contributed by atoms with van der Waals surface area (Å²) >= 11 is 0. The molecule has 1 unspecified atom stereocenters. The number of carbonyl (C=O) groups is 3. The number of hydrogen-bond donors (Lipinski definition) is 0. The Balaban J connectivity index is 4.61. The molecule has 65 heavy (non-hydrogen) atoms. The Hall–Kier alpha value is -5.23. The van der Waals surface area contributed by atoms with Crippen LogP contribution in [0.5, 0.6) is 0 Å². The van der Waals surface area contributed by atoms with Crippen LogP contribution in [0.15, 0.2) is 170 Å². The van der Waals surface area contributed by atoms with Crippen LogP contribution < -0.4 is 0 Å². The van der Waals surface area contributed by atoms with Crippen LogP contribution in [-0.4, -0.2) is 37.2 Å². The van der Waals surface area contributed by atoms with Crippen LogP contribution in [-0.2, 0) is 28.6 Å². The fourth-order valence-electron chi connectivity index (χ4n) is 5.90. The zero-order chi connectivity index (χ0) is 47.2. The summed E-state index contributed by atoms with van der Waals surface area (Å²) in [5.41, 5.74) is 0. The van der Waals surface area contributed by atoms with Crippen molar-refractivity contribution < 1.29 is 28.6 Å². The van der Waals surface area contributed by atoms with Crippen molar-refractivity contribution in [3.63, 3.8) is 0 Å². The van der Waals surface area contributed by atoms with Crippen LogP contribution in [0.2, 0.25) is 0 Å². The maximum absolute atomic E-state index is 12.8. The molecule has 358 valence electrons. The van der Waals surface area contributed by atoms with E-state index in [4.69, 9.17) is 14.2 Å². The number of esters is 3. The molecule has 6 heteroatoms. The van der Waals surface area contributed by atoms with Crippen molar-refractivity contribution in [2.75, 3.05) is 13.2 Å². The number of carbonyl (C=O) groups excluding carboxylic acids is 3. The molecule has 0 amide bonds. The molecule has 6 nitrogen and oxygen atoms in total. The van der Waals surface area contributed by atoms with Gasteiger partial charge >= 0.3 is 17.9 Å². The Morgan fingerprint density at radius 1 is 0.308 bits per heavy atom. The molecule has 1 atom stereocenters. The van der Waals surface area contributed by atoms with E-state index in [1.807, 2.05) is 109 Å². The van der Waals surface area contributed by atoms with E-state index in [-0.39, 0.29) is 44.0 Å². The number of unbranched alkanes of at least 4 members (excludes halogenated alkanes) is 13. The normalized spacial score (nSPS) is 13.6. The number of allylic oxidation sites excluding steroid dienone is 28. The molecule has 0 saturated carbocycles. The first-order valence-electron chi connectivity index (χ1n) is 24.8. The highest BCUT2D eigenvalue weighted by molar-refractivity contribution is 5.71. The largest absolute Gasteiger partial charge is 0.462 e. The van der Waals surface area contributed by atoms with Crippen LogP contribution >= 0.6 is 0 Å². The van der Waals surface area contributed by atoms with Crippen molar-refractivity contribution in [1.29, 1.82) is 0 Å². The zero-order valence-corrected chi connectivity index (χ0v) is 40.7. The second-order valence-electron chi connectivity index (χ2n) is 15.6. The minimum atomic E-state index is -0.829. The van der Waals surface area contributed by atoms with Crippen LogP contribution in [0.3, 0.4) is 0 Å². The summed E-state index contributed by atoms with van der Waals surface area (Å²) in [6.45, 7) is 6.10. The zero-order valence-electron chi connectivity index (χ0n) is 40.7. The van der Waals surface area contributed by atoms with Crippen molar-refractivity contribution in [1.82, 2.24) is 0 Å². The van der Waals surface area contributed by atoms with Gasteiger partial charge in [0.05, 0.1) is 0 Å². The Kier molecular flexibility index (Phi) is 47.3. The predicted molar refractivity (Wildman–Crippen MR) is 278 cm³/mol. The topological polar surface area (TPSA) is 78.9 Å². The molecular weight excluding hydrogens is 805 g/mol. The second-order valence-corrected chi connectivity index (χ2v) is 15.6. The van der Waals surface area contributed by atoms with Crippen molar-refractivity contribution in [2.24, 2.45) is 0 Å². The highest BCUT2D eigenvalue weighted by atomic mass is 16.6. The first kappa shape index (κ1) is 59.8. The molecule has 0 aliphatic rings. The van der Waals surface area contributed by atoms with Gasteiger partial charge < -0.3 is 14.2 Å². The van der Waals surface area contributed by atoms with Gasteiger partial charge in [0.2, 0.25) is 0 Å². The summed E-state index contributed by atoms with van der Waals surface area (Å²) < 4.78 is 16.7. The van der Waals surface area contributed by atoms with E-state index in [0.717, 1.165) is 96.3 Å². The third kappa shape index (κ3) is 49.6. The van der Waals surface area contributed by atoms with E-state index in [1.54, 1.807) is 0 Å². The van der Waals surface area contributed by atoms with E-state index < -0.39 is 6.10 Å². The van der Waals surface area contributed by atoms with Crippen LogP contribution in [0, 0.1) is 0 Å². The Labute approximate surface area is 396 Å². The van der Waals surface area contributed by atoms with Crippen molar-refractivity contribution in [3.05, 3.63) is 170 Å². The monoisotopic (exact) mass is 891 g/mol. The first-order chi connectivity index (χ1) is 32.0. The third-order valence-corrected chi connectivity index (χ3v) is 9.55. The molecule has 0 N–H and O–H groups in total. The minimum absolute atomic E-state index is 0.128. The summed E-state index contributed by atoms with van der Waals surface area (Å²) in [5, 5.41) is 0. The smallest absolute Gasteiger partial charge is 0.306 e. The van der Waals surface area contributed by atoms with Crippen molar-refractivity contribution in [3.8, 4) is 0 Å². The fraction of sp³-hybridized carbons (Fsp3) is 0.475. The lowest BCUT2D eigenvalue weighted by atomic mass is 10.1. The van der Waals surface area contributed by atoms with E-state index in [9.17, 15) is 14.4 Å². The molecule has 0 bridgehead atoms. The molecule has 0 aromatic carbocycles. The maximum atomic E-state index is 12.8. The summed E-state index contributed by atoms with van der Waals surface area (Å²) in [7, 11) is 0. The Morgan fingerprint density at radius 2 is 0.554 bits per heavy atom. The standard InChI is InChI=1S/C59H86O6/c1-4-7-10-13-16-19-22-25-27-28-29-30-32-34-37-40-43-46-49-52-58(61)64-55-56(54-63-57(60)51-48-45-42-39-36-33-24-21-18-15-12-9-6-3)65-59(62)53-50-47-44-41-38-35-31-26-23-20-17-14-11-8-5-2/h7-25,27-30,32-34,36-37,56H,4-6,26,31,35,38-55H2,1-3H3/b10-7-,11-8-,12-9-,16-13-,17-14-,18-15-,22-19-,23-20-,24-21-,27-25-,29-28+,32-30-,36-33-,37-34-. The quantitative estimate of drug-likeness (QED) is 0.0263. The SMILES string of the molecule is CC\C=C/C=C\C=C/C=C\C=C\C=C/C=C\CCCCCC(=O)OCC(COC(=O)CCCCC\C=C/C=C\C=C/C=C\CC)OC(=O)CCCCCCCCC\C=C/C=C\C=C/CC. The molecule has 0 aromatic heterocycles. The highest BCUT2D eigenvalue weighted by Gasteiger charge is 2.19. The van der Waals surface area contributed by atoms with E-state index >= 15 is 0 Å². The van der Waals surface area contributed by atoms with Crippen LogP contribution in [0.4, 0.5) is 0 Å². The van der Waals surface area contributed by atoms with Gasteiger partial charge in [-0.25, -0.2) is 0 Å². The lowest BCUT2D eigenvalue weighted by Crippen LogP contribution is -2.30. The van der Waals surface area contributed by atoms with Gasteiger partial charge in [-0.3, -0.25) is 14.4 Å². The van der Waals surface area contributed by atoms with Gasteiger partial charge in [-0.05, 0) is 77.0 Å². The molecule has 0 aliphatic heterocycles. The molecule has 0 radical (unpaired) electrons. The van der Waals surface area contributed by atoms with Gasteiger partial charge in [0.25, 0.3) is 0 Å². The van der Waals surface area contributed by atoms with Gasteiger partial charge in [-0.15, -0.1) is 0 Å². The minimum Gasteiger partial charge on any atom is -0.462 e. The first-order valence-corrected chi connectivity index (χ1v) is 24.8. The number of ether oxygens (including phenoxy) is 3. The van der Waals surface area contributed by atoms with Crippen molar-refractivity contribution >= 4 is 17.9 Å². The second kappa shape index (κ2) is 51.4.